The number of hydrogen-bond acceptors (Lipinski definition) is 6. The predicted molar refractivity (Wildman–Crippen MR) is 99.6 cm³/mol. The van der Waals surface area contributed by atoms with Gasteiger partial charge in [0, 0.05) is 17.0 Å². The van der Waals surface area contributed by atoms with Crippen LogP contribution in [0.4, 0.5) is 5.69 Å². The van der Waals surface area contributed by atoms with E-state index in [1.807, 2.05) is 35.2 Å². The van der Waals surface area contributed by atoms with Gasteiger partial charge in [-0.1, -0.05) is 30.3 Å². The fraction of sp³-hybridized carbons (Fsp3) is 0.176. The first-order valence-corrected chi connectivity index (χ1v) is 10.3. The summed E-state index contributed by atoms with van der Waals surface area (Å²) in [5.41, 5.74) is 4.68. The van der Waals surface area contributed by atoms with E-state index in [9.17, 15) is 13.2 Å². The van der Waals surface area contributed by atoms with E-state index < -0.39 is 10.0 Å². The van der Waals surface area contributed by atoms with Crippen molar-refractivity contribution >= 4 is 38.5 Å². The average molecular weight is 389 g/mol. The van der Waals surface area contributed by atoms with Crippen molar-refractivity contribution in [1.29, 1.82) is 0 Å². The number of nitrogens with one attached hydrogen (secondary N) is 1. The number of thioether (sulfide) groups is 1. The molecule has 0 atom stereocenters. The molecule has 0 saturated heterocycles. The predicted octanol–water partition coefficient (Wildman–Crippen LogP) is 2.16. The Labute approximate surface area is 155 Å². The zero-order valence-electron chi connectivity index (χ0n) is 13.6. The number of carbonyl (C=O) groups is 1. The van der Waals surface area contributed by atoms with E-state index >= 15 is 0 Å². The molecule has 9 heteroatoms. The molecule has 2 aliphatic heterocycles. The minimum Gasteiger partial charge on any atom is -0.318 e. The number of rotatable bonds is 4. The lowest BCUT2D eigenvalue weighted by Crippen LogP contribution is -2.35. The summed E-state index contributed by atoms with van der Waals surface area (Å²) < 4.78 is 27.1. The SMILES string of the molecule is O=C(NOCc1ccccc1)c1ccc2c(c1)SC1=NS(=O)(=O)CCN12. The standard InChI is InChI=1S/C17H15N3O4S2/c21-16(18-24-11-12-4-2-1-3-5-12)13-6-7-14-15(10-13)25-17-19-26(22,23)9-8-20(14)17/h1-7,10H,8-9,11H2,(H,18,21). The molecule has 0 saturated carbocycles. The second-order valence-electron chi connectivity index (χ2n) is 5.80. The number of fused-ring (bicyclic) bond motifs is 3. The summed E-state index contributed by atoms with van der Waals surface area (Å²) >= 11 is 1.25. The van der Waals surface area contributed by atoms with Crippen molar-refractivity contribution < 1.29 is 18.0 Å². The van der Waals surface area contributed by atoms with Gasteiger partial charge >= 0.3 is 0 Å². The maximum atomic E-state index is 12.3. The van der Waals surface area contributed by atoms with Crippen LogP contribution in [-0.4, -0.2) is 31.8 Å². The first kappa shape index (κ1) is 17.1. The van der Waals surface area contributed by atoms with Crippen LogP contribution in [0.25, 0.3) is 0 Å². The topological polar surface area (TPSA) is 88.1 Å². The zero-order chi connectivity index (χ0) is 18.1. The summed E-state index contributed by atoms with van der Waals surface area (Å²) in [6.45, 7) is 0.640. The lowest BCUT2D eigenvalue weighted by atomic mass is 10.2. The lowest BCUT2D eigenvalue weighted by molar-refractivity contribution is 0.0233. The molecule has 0 radical (unpaired) electrons. The van der Waals surface area contributed by atoms with Gasteiger partial charge in [-0.25, -0.2) is 13.9 Å². The van der Waals surface area contributed by atoms with Crippen molar-refractivity contribution in [1.82, 2.24) is 5.48 Å². The molecule has 4 rings (SSSR count). The molecule has 0 bridgehead atoms. The van der Waals surface area contributed by atoms with E-state index in [1.54, 1.807) is 18.2 Å². The van der Waals surface area contributed by atoms with Crippen molar-refractivity contribution in [3.05, 3.63) is 59.7 Å². The molecule has 1 amide bonds. The number of sulfonamides is 1. The Hall–Kier alpha value is -2.36. The Morgan fingerprint density at radius 2 is 2.04 bits per heavy atom. The zero-order valence-corrected chi connectivity index (χ0v) is 15.2. The smallest absolute Gasteiger partial charge is 0.274 e. The highest BCUT2D eigenvalue weighted by molar-refractivity contribution is 8.15. The number of hydroxylamine groups is 1. The third kappa shape index (κ3) is 3.46. The average Bonchev–Trinajstić information content (AvgIpc) is 2.97. The molecule has 2 heterocycles. The molecule has 0 aliphatic carbocycles. The normalized spacial score (nSPS) is 17.2. The highest BCUT2D eigenvalue weighted by Crippen LogP contribution is 2.42. The highest BCUT2D eigenvalue weighted by atomic mass is 32.2. The summed E-state index contributed by atoms with van der Waals surface area (Å²) in [6, 6.07) is 14.7. The number of carbonyl (C=O) groups excluding carboxylic acids is 1. The first-order valence-electron chi connectivity index (χ1n) is 7.90. The Morgan fingerprint density at radius 1 is 1.23 bits per heavy atom. The van der Waals surface area contributed by atoms with Crippen molar-refractivity contribution in [2.75, 3.05) is 17.2 Å². The quantitative estimate of drug-likeness (QED) is 0.807. The monoisotopic (exact) mass is 389 g/mol. The molecule has 0 spiro atoms. The Kier molecular flexibility index (Phi) is 4.43. The Bertz CT molecular complexity index is 990. The van der Waals surface area contributed by atoms with Crippen LogP contribution >= 0.6 is 11.8 Å². The Balaban J connectivity index is 1.45. The maximum Gasteiger partial charge on any atom is 0.274 e. The largest absolute Gasteiger partial charge is 0.318 e. The molecule has 2 aliphatic rings. The van der Waals surface area contributed by atoms with Crippen LogP contribution in [-0.2, 0) is 21.5 Å². The third-order valence-corrected chi connectivity index (χ3v) is 6.29. The van der Waals surface area contributed by atoms with Gasteiger partial charge in [0.2, 0.25) is 0 Å². The summed E-state index contributed by atoms with van der Waals surface area (Å²) in [7, 11) is -3.39. The summed E-state index contributed by atoms with van der Waals surface area (Å²) in [4.78, 5) is 20.2. The van der Waals surface area contributed by atoms with E-state index in [4.69, 9.17) is 4.84 Å². The van der Waals surface area contributed by atoms with E-state index in [0.717, 1.165) is 16.1 Å². The molecule has 2 aromatic rings. The molecule has 0 aromatic heterocycles. The van der Waals surface area contributed by atoms with Crippen molar-refractivity contribution in [2.24, 2.45) is 4.40 Å². The van der Waals surface area contributed by atoms with Gasteiger partial charge in [0.15, 0.2) is 5.17 Å². The summed E-state index contributed by atoms with van der Waals surface area (Å²) in [5.74, 6) is -0.366. The van der Waals surface area contributed by atoms with Gasteiger partial charge < -0.3 is 4.90 Å². The second-order valence-corrected chi connectivity index (χ2v) is 8.57. The maximum absolute atomic E-state index is 12.3. The number of benzene rings is 2. The van der Waals surface area contributed by atoms with Crippen LogP contribution in [0.15, 0.2) is 57.8 Å². The molecule has 134 valence electrons. The molecule has 0 unspecified atom stereocenters. The number of amidine groups is 1. The van der Waals surface area contributed by atoms with E-state index in [2.05, 4.69) is 9.88 Å². The second kappa shape index (κ2) is 6.75. The van der Waals surface area contributed by atoms with Crippen LogP contribution in [0.5, 0.6) is 0 Å². The summed E-state index contributed by atoms with van der Waals surface area (Å²) in [6.07, 6.45) is 0. The van der Waals surface area contributed by atoms with Gasteiger partial charge in [0.05, 0.1) is 18.0 Å². The number of amides is 1. The fourth-order valence-corrected chi connectivity index (χ4v) is 4.99. The van der Waals surface area contributed by atoms with Gasteiger partial charge in [-0.2, -0.15) is 0 Å². The van der Waals surface area contributed by atoms with E-state index in [1.165, 1.54) is 11.8 Å². The minimum absolute atomic E-state index is 0.00787. The van der Waals surface area contributed by atoms with Crippen molar-refractivity contribution in [2.45, 2.75) is 11.5 Å². The molecular weight excluding hydrogens is 374 g/mol. The molecule has 7 nitrogen and oxygen atoms in total. The van der Waals surface area contributed by atoms with Gasteiger partial charge in [-0.05, 0) is 35.5 Å². The first-order chi connectivity index (χ1) is 12.5. The lowest BCUT2D eigenvalue weighted by Gasteiger charge is -2.22. The molecule has 2 aromatic carbocycles. The highest BCUT2D eigenvalue weighted by Gasteiger charge is 2.33. The van der Waals surface area contributed by atoms with E-state index in [-0.39, 0.29) is 18.3 Å². The van der Waals surface area contributed by atoms with Crippen molar-refractivity contribution in [3.63, 3.8) is 0 Å². The van der Waals surface area contributed by atoms with Gasteiger partial charge in [0.1, 0.15) is 0 Å². The van der Waals surface area contributed by atoms with Crippen LogP contribution < -0.4 is 10.4 Å². The van der Waals surface area contributed by atoms with Crippen molar-refractivity contribution in [3.8, 4) is 0 Å². The molecule has 0 fully saturated rings. The van der Waals surface area contributed by atoms with E-state index in [0.29, 0.717) is 17.3 Å². The van der Waals surface area contributed by atoms with Crippen LogP contribution in [0.2, 0.25) is 0 Å². The molecule has 1 N–H and O–H groups in total. The van der Waals surface area contributed by atoms with Crippen LogP contribution in [0, 0.1) is 0 Å². The summed E-state index contributed by atoms with van der Waals surface area (Å²) in [5, 5.41) is 0.434. The number of nitrogens with zero attached hydrogens (tertiary/aromatic N) is 2. The van der Waals surface area contributed by atoms with Crippen LogP contribution in [0.3, 0.4) is 0 Å². The molecular formula is C17H15N3O4S2. The molecule has 26 heavy (non-hydrogen) atoms. The van der Waals surface area contributed by atoms with Gasteiger partial charge in [-0.3, -0.25) is 9.63 Å². The number of hydrogen-bond donors (Lipinski definition) is 1. The Morgan fingerprint density at radius 3 is 2.85 bits per heavy atom. The minimum atomic E-state index is -3.39. The van der Waals surface area contributed by atoms with Gasteiger partial charge in [0.25, 0.3) is 15.9 Å². The number of anilines is 1. The third-order valence-electron chi connectivity index (χ3n) is 3.98. The van der Waals surface area contributed by atoms with Crippen LogP contribution in [0.1, 0.15) is 15.9 Å². The fourth-order valence-electron chi connectivity index (χ4n) is 2.69. The van der Waals surface area contributed by atoms with Gasteiger partial charge in [-0.15, -0.1) is 4.40 Å².